The van der Waals surface area contributed by atoms with Gasteiger partial charge in [-0.3, -0.25) is 4.79 Å². The molecular formula is C37H62N2O9. The second kappa shape index (κ2) is 19.2. The van der Waals surface area contributed by atoms with Crippen molar-refractivity contribution in [3.05, 3.63) is 36.0 Å². The fourth-order valence-corrected chi connectivity index (χ4v) is 6.80. The second-order valence-electron chi connectivity index (χ2n) is 14.3. The van der Waals surface area contributed by atoms with E-state index in [4.69, 9.17) is 18.9 Å². The Labute approximate surface area is 287 Å². The highest BCUT2D eigenvalue weighted by atomic mass is 16.6. The van der Waals surface area contributed by atoms with Crippen LogP contribution in [0.3, 0.4) is 0 Å². The molecule has 0 aromatic heterocycles. The van der Waals surface area contributed by atoms with Crippen LogP contribution in [0.25, 0.3) is 0 Å². The number of nitrogens with one attached hydrogen (secondary N) is 1. The number of aliphatic hydroxyl groups is 3. The van der Waals surface area contributed by atoms with E-state index in [2.05, 4.69) is 24.1 Å². The lowest BCUT2D eigenvalue weighted by Crippen LogP contribution is -2.44. The number of amides is 1. The van der Waals surface area contributed by atoms with Crippen molar-refractivity contribution in [2.24, 2.45) is 17.8 Å². The topological polar surface area (TPSA) is 150 Å². The lowest BCUT2D eigenvalue weighted by atomic mass is 9.88. The monoisotopic (exact) mass is 678 g/mol. The maximum absolute atomic E-state index is 12.8. The van der Waals surface area contributed by atoms with Crippen LogP contribution in [-0.2, 0) is 23.7 Å². The maximum Gasteiger partial charge on any atom is 0.407 e. The Kier molecular flexibility index (Phi) is 16.1. The smallest absolute Gasteiger partial charge is 0.407 e. The number of epoxide rings is 1. The summed E-state index contributed by atoms with van der Waals surface area (Å²) in [6.07, 6.45) is 8.96. The molecule has 3 heterocycles. The average Bonchev–Trinajstić information content (AvgIpc) is 3.68. The molecule has 274 valence electrons. The molecule has 3 aliphatic heterocycles. The number of aliphatic hydroxyl groups excluding tert-OH is 2. The summed E-state index contributed by atoms with van der Waals surface area (Å²) in [7, 11) is 1.70. The van der Waals surface area contributed by atoms with Gasteiger partial charge in [-0.05, 0) is 83.7 Å². The number of rotatable bonds is 14. The van der Waals surface area contributed by atoms with Crippen molar-refractivity contribution in [2.75, 3.05) is 33.3 Å². The Morgan fingerprint density at radius 3 is 2.60 bits per heavy atom. The van der Waals surface area contributed by atoms with E-state index in [1.807, 2.05) is 39.0 Å². The molecule has 3 aliphatic rings. The van der Waals surface area contributed by atoms with Crippen molar-refractivity contribution in [1.29, 1.82) is 0 Å². The molecule has 0 bridgehead atoms. The van der Waals surface area contributed by atoms with E-state index in [1.54, 1.807) is 26.2 Å². The number of hydrogen-bond acceptors (Lipinski definition) is 10. The van der Waals surface area contributed by atoms with Crippen LogP contribution in [0.4, 0.5) is 4.79 Å². The molecule has 4 N–H and O–H groups in total. The van der Waals surface area contributed by atoms with Crippen LogP contribution in [0, 0.1) is 17.8 Å². The SMILES string of the molecule is CCC(OC)C(C)C1OC1C(O)C(C)/C=C/C=C(\C)C1OC(=O)CC(O)CCC(C)(O)C(OC(=O)NCCCN2CCCC2)/C=C/C1C. The normalized spacial score (nSPS) is 34.0. The van der Waals surface area contributed by atoms with Crippen molar-refractivity contribution in [3.63, 3.8) is 0 Å². The summed E-state index contributed by atoms with van der Waals surface area (Å²) in [5.41, 5.74) is -0.721. The standard InChI is InChI=1S/C37H62N2O9/c1-8-29(45-7)27(5)34-35(48-34)32(42)24(2)13-11-14-25(3)33-26(4)15-16-30(37(6,44)18-17-28(40)23-31(41)47-33)46-36(43)38-19-12-22-39-20-9-10-21-39/h11,13-16,24,26-30,32-35,40,42,44H,8-10,12,17-23H2,1-7H3,(H,38,43)/b13-11+,16-15+,25-14+. The summed E-state index contributed by atoms with van der Waals surface area (Å²) in [5.74, 6) is -0.897. The van der Waals surface area contributed by atoms with E-state index in [-0.39, 0.29) is 55.3 Å². The van der Waals surface area contributed by atoms with Gasteiger partial charge in [0.1, 0.15) is 17.8 Å². The minimum absolute atomic E-state index is 0.0453. The highest BCUT2D eigenvalue weighted by Crippen LogP contribution is 2.37. The molecule has 0 spiro atoms. The van der Waals surface area contributed by atoms with Crippen LogP contribution in [0.1, 0.15) is 86.5 Å². The van der Waals surface area contributed by atoms with E-state index in [9.17, 15) is 24.9 Å². The molecule has 2 fully saturated rings. The number of carbonyl (C=O) groups is 2. The number of nitrogens with zero attached hydrogens (tertiary/aromatic N) is 1. The summed E-state index contributed by atoms with van der Waals surface area (Å²) >= 11 is 0. The van der Waals surface area contributed by atoms with Gasteiger partial charge >= 0.3 is 12.1 Å². The largest absolute Gasteiger partial charge is 0.457 e. The van der Waals surface area contributed by atoms with Crippen LogP contribution in [0.15, 0.2) is 36.0 Å². The summed E-state index contributed by atoms with van der Waals surface area (Å²) in [4.78, 5) is 28.0. The lowest BCUT2D eigenvalue weighted by molar-refractivity contribution is -0.151. The van der Waals surface area contributed by atoms with Crippen LogP contribution < -0.4 is 5.32 Å². The third kappa shape index (κ3) is 12.2. The number of likely N-dealkylation sites (tertiary alicyclic amines) is 1. The fraction of sp³-hybridized carbons (Fsp3) is 0.784. The first-order valence-corrected chi connectivity index (χ1v) is 17.9. The number of methoxy groups -OCH3 is 1. The third-order valence-electron chi connectivity index (χ3n) is 10.1. The zero-order valence-electron chi connectivity index (χ0n) is 30.2. The molecule has 0 aromatic rings. The molecule has 48 heavy (non-hydrogen) atoms. The molecule has 0 radical (unpaired) electrons. The summed E-state index contributed by atoms with van der Waals surface area (Å²) in [5, 5.41) is 35.6. The molecule has 0 aliphatic carbocycles. The zero-order chi connectivity index (χ0) is 35.4. The van der Waals surface area contributed by atoms with Gasteiger partial charge in [0.15, 0.2) is 6.10 Å². The number of alkyl carbamates (subject to hydrolysis) is 1. The van der Waals surface area contributed by atoms with E-state index >= 15 is 0 Å². The average molecular weight is 679 g/mol. The Balaban J connectivity index is 1.66. The minimum Gasteiger partial charge on any atom is -0.457 e. The Morgan fingerprint density at radius 1 is 1.23 bits per heavy atom. The van der Waals surface area contributed by atoms with Gasteiger partial charge in [0.25, 0.3) is 0 Å². The third-order valence-corrected chi connectivity index (χ3v) is 10.1. The Bertz CT molecular complexity index is 1100. The van der Waals surface area contributed by atoms with Crippen LogP contribution in [0.2, 0.25) is 0 Å². The minimum atomic E-state index is -1.48. The molecule has 1 amide bonds. The van der Waals surface area contributed by atoms with Gasteiger partial charge in [-0.1, -0.05) is 52.0 Å². The van der Waals surface area contributed by atoms with E-state index in [0.717, 1.165) is 38.0 Å². The van der Waals surface area contributed by atoms with Crippen LogP contribution >= 0.6 is 0 Å². The van der Waals surface area contributed by atoms with Gasteiger partial charge < -0.3 is 44.5 Å². The molecule has 0 aromatic carbocycles. The Morgan fingerprint density at radius 2 is 1.94 bits per heavy atom. The molecule has 11 nitrogen and oxygen atoms in total. The van der Waals surface area contributed by atoms with Crippen molar-refractivity contribution >= 4 is 12.1 Å². The first-order valence-electron chi connectivity index (χ1n) is 17.9. The van der Waals surface area contributed by atoms with Crippen molar-refractivity contribution in [3.8, 4) is 0 Å². The van der Waals surface area contributed by atoms with E-state index < -0.39 is 42.1 Å². The molecule has 0 saturated carbocycles. The number of hydrogen-bond donors (Lipinski definition) is 4. The molecule has 11 unspecified atom stereocenters. The van der Waals surface area contributed by atoms with Gasteiger partial charge in [0, 0.05) is 31.4 Å². The number of allylic oxidation sites excluding steroid dienone is 2. The number of esters is 1. The van der Waals surface area contributed by atoms with Crippen LogP contribution in [0.5, 0.6) is 0 Å². The van der Waals surface area contributed by atoms with Crippen LogP contribution in [-0.4, -0.2) is 114 Å². The van der Waals surface area contributed by atoms with Gasteiger partial charge in [0.2, 0.25) is 0 Å². The number of ether oxygens (including phenoxy) is 4. The van der Waals surface area contributed by atoms with Gasteiger partial charge in [-0.15, -0.1) is 0 Å². The number of carbonyl (C=O) groups excluding carboxylic acids is 2. The summed E-state index contributed by atoms with van der Waals surface area (Å²) < 4.78 is 23.0. The van der Waals surface area contributed by atoms with E-state index in [0.29, 0.717) is 6.54 Å². The molecule has 11 atom stereocenters. The highest BCUT2D eigenvalue weighted by molar-refractivity contribution is 5.70. The predicted octanol–water partition coefficient (Wildman–Crippen LogP) is 4.30. The quantitative estimate of drug-likeness (QED) is 0.0689. The summed E-state index contributed by atoms with van der Waals surface area (Å²) in [6.45, 7) is 15.0. The van der Waals surface area contributed by atoms with Gasteiger partial charge in [-0.25, -0.2) is 4.79 Å². The zero-order valence-corrected chi connectivity index (χ0v) is 30.2. The lowest BCUT2D eigenvalue weighted by Gasteiger charge is -2.32. The predicted molar refractivity (Wildman–Crippen MR) is 184 cm³/mol. The van der Waals surface area contributed by atoms with Crippen molar-refractivity contribution < 1.29 is 43.9 Å². The van der Waals surface area contributed by atoms with Gasteiger partial charge in [0.05, 0.1) is 30.8 Å². The fourth-order valence-electron chi connectivity index (χ4n) is 6.80. The summed E-state index contributed by atoms with van der Waals surface area (Å²) in [6, 6.07) is 0. The van der Waals surface area contributed by atoms with E-state index in [1.165, 1.54) is 12.8 Å². The Hall–Kier alpha value is -2.28. The highest BCUT2D eigenvalue weighted by Gasteiger charge is 2.50. The second-order valence-corrected chi connectivity index (χ2v) is 14.3. The first-order chi connectivity index (χ1) is 22.8. The van der Waals surface area contributed by atoms with Crippen molar-refractivity contribution in [2.45, 2.75) is 135 Å². The molecule has 2 saturated heterocycles. The first kappa shape index (κ1) is 40.2. The number of cyclic esters (lactones) is 1. The molecular weight excluding hydrogens is 616 g/mol. The maximum atomic E-state index is 12.8. The molecule has 3 rings (SSSR count). The van der Waals surface area contributed by atoms with Crippen molar-refractivity contribution in [1.82, 2.24) is 10.2 Å². The molecule has 11 heteroatoms. The van der Waals surface area contributed by atoms with Gasteiger partial charge in [-0.2, -0.15) is 0 Å².